The number of hydrogen-bond acceptors (Lipinski definition) is 2. The highest BCUT2D eigenvalue weighted by Crippen LogP contribution is 2.16. The van der Waals surface area contributed by atoms with Crippen molar-refractivity contribution in [2.75, 3.05) is 26.8 Å². The van der Waals surface area contributed by atoms with Crippen LogP contribution in [0.25, 0.3) is 10.9 Å². The van der Waals surface area contributed by atoms with Crippen LogP contribution >= 0.6 is 0 Å². The normalized spacial score (nSPS) is 11.2. The molecule has 2 aromatic rings. The summed E-state index contributed by atoms with van der Waals surface area (Å²) in [5.41, 5.74) is 1.78. The number of aromatic nitrogens is 1. The summed E-state index contributed by atoms with van der Waals surface area (Å²) >= 11 is 0. The molecule has 1 aromatic heterocycles. The molecule has 2 rings (SSSR count). The second kappa shape index (κ2) is 6.57. The van der Waals surface area contributed by atoms with Crippen molar-refractivity contribution in [3.05, 3.63) is 36.0 Å². The molecule has 4 nitrogen and oxygen atoms in total. The highest BCUT2D eigenvalue weighted by atomic mass is 16.5. The summed E-state index contributed by atoms with van der Waals surface area (Å²) in [5.74, 6) is 0.505. The Hall–Kier alpha value is -1.81. The average molecular weight is 274 g/mol. The molecular formula is C16H22N2O2. The molecule has 0 saturated heterocycles. The van der Waals surface area contributed by atoms with Gasteiger partial charge in [-0.05, 0) is 30.2 Å². The number of H-pyrrole nitrogens is 1. The zero-order valence-electron chi connectivity index (χ0n) is 12.3. The predicted molar refractivity (Wildman–Crippen MR) is 80.9 cm³/mol. The van der Waals surface area contributed by atoms with Crippen molar-refractivity contribution >= 4 is 16.8 Å². The van der Waals surface area contributed by atoms with Gasteiger partial charge in [-0.25, -0.2) is 0 Å². The largest absolute Gasteiger partial charge is 0.383 e. The maximum atomic E-state index is 12.6. The van der Waals surface area contributed by atoms with Gasteiger partial charge in [-0.15, -0.1) is 0 Å². The summed E-state index contributed by atoms with van der Waals surface area (Å²) in [5, 5.41) is 1.06. The SMILES string of the molecule is COCCN(CC(C)C)C(=O)c1ccc2[nH]ccc2c1. The van der Waals surface area contributed by atoms with Crippen LogP contribution in [-0.2, 0) is 4.74 Å². The van der Waals surface area contributed by atoms with Crippen molar-refractivity contribution < 1.29 is 9.53 Å². The molecule has 0 aliphatic carbocycles. The first-order valence-corrected chi connectivity index (χ1v) is 6.97. The minimum atomic E-state index is 0.0684. The molecule has 0 fully saturated rings. The molecule has 0 unspecified atom stereocenters. The fourth-order valence-electron chi connectivity index (χ4n) is 2.29. The summed E-state index contributed by atoms with van der Waals surface area (Å²) in [6.07, 6.45) is 1.88. The Morgan fingerprint density at radius 2 is 2.15 bits per heavy atom. The Bertz CT molecular complexity index is 575. The summed E-state index contributed by atoms with van der Waals surface area (Å²) < 4.78 is 5.10. The van der Waals surface area contributed by atoms with E-state index in [0.717, 1.165) is 23.0 Å². The van der Waals surface area contributed by atoms with E-state index >= 15 is 0 Å². The smallest absolute Gasteiger partial charge is 0.253 e. The molecular weight excluding hydrogens is 252 g/mol. The fraction of sp³-hybridized carbons (Fsp3) is 0.438. The van der Waals surface area contributed by atoms with Crippen LogP contribution in [0.15, 0.2) is 30.5 Å². The Balaban J connectivity index is 2.20. The number of nitrogens with one attached hydrogen (secondary N) is 1. The number of amides is 1. The van der Waals surface area contributed by atoms with Gasteiger partial charge in [0.05, 0.1) is 6.61 Å². The summed E-state index contributed by atoms with van der Waals surface area (Å²) in [6, 6.07) is 7.75. The molecule has 1 amide bonds. The van der Waals surface area contributed by atoms with E-state index in [-0.39, 0.29) is 5.91 Å². The molecule has 0 saturated carbocycles. The molecule has 0 aliphatic heterocycles. The third-order valence-electron chi connectivity index (χ3n) is 3.24. The van der Waals surface area contributed by atoms with E-state index in [9.17, 15) is 4.79 Å². The highest BCUT2D eigenvalue weighted by molar-refractivity contribution is 5.98. The molecule has 0 spiro atoms. The van der Waals surface area contributed by atoms with Crippen molar-refractivity contribution in [2.45, 2.75) is 13.8 Å². The quantitative estimate of drug-likeness (QED) is 0.880. The topological polar surface area (TPSA) is 45.3 Å². The van der Waals surface area contributed by atoms with Crippen molar-refractivity contribution in [3.63, 3.8) is 0 Å². The molecule has 1 heterocycles. The zero-order chi connectivity index (χ0) is 14.5. The molecule has 4 heteroatoms. The first-order valence-electron chi connectivity index (χ1n) is 6.97. The van der Waals surface area contributed by atoms with Crippen LogP contribution in [0, 0.1) is 5.92 Å². The maximum Gasteiger partial charge on any atom is 0.253 e. The number of ether oxygens (including phenoxy) is 1. The van der Waals surface area contributed by atoms with Crippen LogP contribution in [0.2, 0.25) is 0 Å². The number of hydrogen-bond donors (Lipinski definition) is 1. The molecule has 0 aliphatic rings. The number of rotatable bonds is 6. The summed E-state index contributed by atoms with van der Waals surface area (Å²) in [6.45, 7) is 6.15. The Labute approximate surface area is 119 Å². The lowest BCUT2D eigenvalue weighted by Gasteiger charge is -2.24. The first-order chi connectivity index (χ1) is 9.61. The van der Waals surface area contributed by atoms with Crippen LogP contribution in [0.1, 0.15) is 24.2 Å². The number of carbonyl (C=O) groups excluding carboxylic acids is 1. The number of aromatic amines is 1. The average Bonchev–Trinajstić information content (AvgIpc) is 2.89. The van der Waals surface area contributed by atoms with Crippen LogP contribution in [0.4, 0.5) is 0 Å². The van der Waals surface area contributed by atoms with Crippen molar-refractivity contribution in [1.82, 2.24) is 9.88 Å². The highest BCUT2D eigenvalue weighted by Gasteiger charge is 2.17. The monoisotopic (exact) mass is 274 g/mol. The molecule has 0 bridgehead atoms. The molecule has 0 radical (unpaired) electrons. The second-order valence-electron chi connectivity index (χ2n) is 5.42. The van der Waals surface area contributed by atoms with Gasteiger partial charge in [-0.3, -0.25) is 4.79 Å². The van der Waals surface area contributed by atoms with Crippen LogP contribution < -0.4 is 0 Å². The molecule has 1 N–H and O–H groups in total. The number of nitrogens with zero attached hydrogens (tertiary/aromatic N) is 1. The van der Waals surface area contributed by atoms with E-state index < -0.39 is 0 Å². The summed E-state index contributed by atoms with van der Waals surface area (Å²) in [4.78, 5) is 17.6. The van der Waals surface area contributed by atoms with Gasteiger partial charge in [-0.1, -0.05) is 13.8 Å². The van der Waals surface area contributed by atoms with Gasteiger partial charge >= 0.3 is 0 Å². The number of fused-ring (bicyclic) bond motifs is 1. The number of benzene rings is 1. The van der Waals surface area contributed by atoms with Crippen LogP contribution in [0.3, 0.4) is 0 Å². The van der Waals surface area contributed by atoms with Crippen molar-refractivity contribution in [3.8, 4) is 0 Å². The Kier molecular flexibility index (Phi) is 4.79. The fourth-order valence-corrected chi connectivity index (χ4v) is 2.29. The maximum absolute atomic E-state index is 12.6. The van der Waals surface area contributed by atoms with Gasteiger partial charge in [0.25, 0.3) is 5.91 Å². The lowest BCUT2D eigenvalue weighted by Crippen LogP contribution is -2.36. The lowest BCUT2D eigenvalue weighted by atomic mass is 10.1. The van der Waals surface area contributed by atoms with Gasteiger partial charge in [0, 0.05) is 42.9 Å². The molecule has 1 aromatic carbocycles. The van der Waals surface area contributed by atoms with Gasteiger partial charge in [-0.2, -0.15) is 0 Å². The van der Waals surface area contributed by atoms with Gasteiger partial charge < -0.3 is 14.6 Å². The Morgan fingerprint density at radius 1 is 1.35 bits per heavy atom. The van der Waals surface area contributed by atoms with E-state index in [1.54, 1.807) is 7.11 Å². The third-order valence-corrected chi connectivity index (χ3v) is 3.24. The van der Waals surface area contributed by atoms with Crippen LogP contribution in [0.5, 0.6) is 0 Å². The number of carbonyl (C=O) groups is 1. The summed E-state index contributed by atoms with van der Waals surface area (Å²) in [7, 11) is 1.66. The Morgan fingerprint density at radius 3 is 2.85 bits per heavy atom. The van der Waals surface area contributed by atoms with Crippen molar-refractivity contribution in [2.24, 2.45) is 5.92 Å². The predicted octanol–water partition coefficient (Wildman–Crippen LogP) is 2.91. The van der Waals surface area contributed by atoms with E-state index in [1.165, 1.54) is 0 Å². The van der Waals surface area contributed by atoms with Gasteiger partial charge in [0.2, 0.25) is 0 Å². The van der Waals surface area contributed by atoms with Gasteiger partial charge in [0.1, 0.15) is 0 Å². The van der Waals surface area contributed by atoms with Gasteiger partial charge in [0.15, 0.2) is 0 Å². The minimum absolute atomic E-state index is 0.0684. The van der Waals surface area contributed by atoms with E-state index in [4.69, 9.17) is 4.74 Å². The minimum Gasteiger partial charge on any atom is -0.383 e. The zero-order valence-corrected chi connectivity index (χ0v) is 12.3. The molecule has 108 valence electrons. The first kappa shape index (κ1) is 14.6. The lowest BCUT2D eigenvalue weighted by molar-refractivity contribution is 0.0672. The van der Waals surface area contributed by atoms with Crippen LogP contribution in [-0.4, -0.2) is 42.6 Å². The van der Waals surface area contributed by atoms with E-state index in [2.05, 4.69) is 18.8 Å². The third kappa shape index (κ3) is 3.39. The van der Waals surface area contributed by atoms with Crippen molar-refractivity contribution in [1.29, 1.82) is 0 Å². The second-order valence-corrected chi connectivity index (χ2v) is 5.42. The van der Waals surface area contributed by atoms with E-state index in [1.807, 2.05) is 35.4 Å². The molecule has 20 heavy (non-hydrogen) atoms. The molecule has 0 atom stereocenters. The standard InChI is InChI=1S/C16H22N2O2/c1-12(2)11-18(8-9-20-3)16(19)14-4-5-15-13(10-14)6-7-17-15/h4-7,10,12,17H,8-9,11H2,1-3H3. The number of methoxy groups -OCH3 is 1. The van der Waals surface area contributed by atoms with E-state index in [0.29, 0.717) is 19.1 Å².